The van der Waals surface area contributed by atoms with Crippen LogP contribution in [-0.4, -0.2) is 5.78 Å². The highest BCUT2D eigenvalue weighted by Crippen LogP contribution is 2.29. The monoisotopic (exact) mass is 252 g/mol. The lowest BCUT2D eigenvalue weighted by atomic mass is 9.91. The third-order valence-corrected chi connectivity index (χ3v) is 3.60. The molecule has 0 aliphatic carbocycles. The normalized spacial score (nSPS) is 10.8. The molecular formula is C18H20O. The molecule has 0 amide bonds. The van der Waals surface area contributed by atoms with Crippen LogP contribution in [0.15, 0.2) is 42.5 Å². The Balaban J connectivity index is 2.47. The predicted molar refractivity (Wildman–Crippen MR) is 80.7 cm³/mol. The molecule has 0 radical (unpaired) electrons. The van der Waals surface area contributed by atoms with E-state index in [-0.39, 0.29) is 5.78 Å². The molecular weight excluding hydrogens is 232 g/mol. The summed E-state index contributed by atoms with van der Waals surface area (Å²) in [6.07, 6.45) is 0. The lowest BCUT2D eigenvalue weighted by Gasteiger charge is -2.14. The van der Waals surface area contributed by atoms with Crippen molar-refractivity contribution in [2.75, 3.05) is 0 Å². The Morgan fingerprint density at radius 3 is 2.16 bits per heavy atom. The van der Waals surface area contributed by atoms with E-state index in [9.17, 15) is 4.79 Å². The van der Waals surface area contributed by atoms with Crippen LogP contribution in [0.3, 0.4) is 0 Å². The first-order valence-electron chi connectivity index (χ1n) is 6.71. The van der Waals surface area contributed by atoms with Gasteiger partial charge in [0, 0.05) is 5.56 Å². The van der Waals surface area contributed by atoms with Crippen molar-refractivity contribution in [1.82, 2.24) is 0 Å². The zero-order valence-electron chi connectivity index (χ0n) is 12.0. The van der Waals surface area contributed by atoms with Crippen molar-refractivity contribution in [1.29, 1.82) is 0 Å². The van der Waals surface area contributed by atoms with Gasteiger partial charge in [0.25, 0.3) is 0 Å². The fraction of sp³-hybridized carbons (Fsp3) is 0.278. The summed E-state index contributed by atoms with van der Waals surface area (Å²) in [6.45, 7) is 8.19. The number of carbonyl (C=O) groups is 1. The molecule has 19 heavy (non-hydrogen) atoms. The molecule has 0 saturated heterocycles. The van der Waals surface area contributed by atoms with E-state index in [2.05, 4.69) is 39.0 Å². The second-order valence-corrected chi connectivity index (χ2v) is 5.31. The van der Waals surface area contributed by atoms with Crippen LogP contribution in [0, 0.1) is 6.92 Å². The van der Waals surface area contributed by atoms with Crippen LogP contribution in [0.4, 0.5) is 0 Å². The SMILES string of the molecule is CC(=O)c1ccc(-c2cccc(C(C)C)c2C)cc1. The maximum atomic E-state index is 11.3. The second kappa shape index (κ2) is 5.40. The van der Waals surface area contributed by atoms with E-state index >= 15 is 0 Å². The van der Waals surface area contributed by atoms with Crippen LogP contribution >= 0.6 is 0 Å². The first kappa shape index (κ1) is 13.5. The van der Waals surface area contributed by atoms with E-state index in [1.165, 1.54) is 22.3 Å². The standard InChI is InChI=1S/C18H20O/c1-12(2)17-6-5-7-18(13(17)3)16-10-8-15(9-11-16)14(4)19/h5-12H,1-4H3. The molecule has 98 valence electrons. The van der Waals surface area contributed by atoms with Crippen LogP contribution < -0.4 is 0 Å². The smallest absolute Gasteiger partial charge is 0.159 e. The molecule has 1 nitrogen and oxygen atoms in total. The van der Waals surface area contributed by atoms with Gasteiger partial charge in [-0.05, 0) is 42.0 Å². The Kier molecular flexibility index (Phi) is 3.84. The molecule has 2 rings (SSSR count). The second-order valence-electron chi connectivity index (χ2n) is 5.31. The van der Waals surface area contributed by atoms with Gasteiger partial charge in [-0.2, -0.15) is 0 Å². The molecule has 0 saturated carbocycles. The summed E-state index contributed by atoms with van der Waals surface area (Å²) in [5.74, 6) is 0.635. The first-order valence-corrected chi connectivity index (χ1v) is 6.71. The number of hydrogen-bond acceptors (Lipinski definition) is 1. The van der Waals surface area contributed by atoms with Gasteiger partial charge in [-0.1, -0.05) is 56.3 Å². The van der Waals surface area contributed by atoms with E-state index in [4.69, 9.17) is 0 Å². The molecule has 0 spiro atoms. The molecule has 0 aliphatic rings. The highest BCUT2D eigenvalue weighted by molar-refractivity contribution is 5.94. The number of ketones is 1. The first-order chi connectivity index (χ1) is 9.00. The van der Waals surface area contributed by atoms with Crippen molar-refractivity contribution in [3.63, 3.8) is 0 Å². The van der Waals surface area contributed by atoms with Crippen molar-refractivity contribution in [3.8, 4) is 11.1 Å². The molecule has 0 fully saturated rings. The van der Waals surface area contributed by atoms with E-state index in [1.54, 1.807) is 6.92 Å². The predicted octanol–water partition coefficient (Wildman–Crippen LogP) is 4.99. The van der Waals surface area contributed by atoms with Crippen LogP contribution in [-0.2, 0) is 0 Å². The van der Waals surface area contributed by atoms with E-state index in [0.717, 1.165) is 5.56 Å². The number of Topliss-reactive ketones (excluding diaryl/α,β-unsaturated/α-hetero) is 1. The van der Waals surface area contributed by atoms with Gasteiger partial charge in [0.15, 0.2) is 5.78 Å². The van der Waals surface area contributed by atoms with Gasteiger partial charge >= 0.3 is 0 Å². The highest BCUT2D eigenvalue weighted by Gasteiger charge is 2.09. The van der Waals surface area contributed by atoms with Gasteiger partial charge in [-0.15, -0.1) is 0 Å². The Hall–Kier alpha value is -1.89. The quantitative estimate of drug-likeness (QED) is 0.703. The van der Waals surface area contributed by atoms with Gasteiger partial charge in [0.05, 0.1) is 0 Å². The van der Waals surface area contributed by atoms with Crippen LogP contribution in [0.25, 0.3) is 11.1 Å². The minimum atomic E-state index is 0.110. The molecule has 0 aromatic heterocycles. The maximum absolute atomic E-state index is 11.3. The topological polar surface area (TPSA) is 17.1 Å². The minimum absolute atomic E-state index is 0.110. The number of hydrogen-bond donors (Lipinski definition) is 0. The fourth-order valence-electron chi connectivity index (χ4n) is 2.48. The molecule has 2 aromatic rings. The Labute approximate surface area is 115 Å². The molecule has 2 aromatic carbocycles. The summed E-state index contributed by atoms with van der Waals surface area (Å²) in [6, 6.07) is 14.3. The number of rotatable bonds is 3. The number of benzene rings is 2. The third kappa shape index (κ3) is 2.76. The Morgan fingerprint density at radius 1 is 1.00 bits per heavy atom. The molecule has 0 unspecified atom stereocenters. The summed E-state index contributed by atoms with van der Waals surface area (Å²) in [5, 5.41) is 0. The summed E-state index contributed by atoms with van der Waals surface area (Å²) in [7, 11) is 0. The third-order valence-electron chi connectivity index (χ3n) is 3.60. The van der Waals surface area contributed by atoms with Gasteiger partial charge < -0.3 is 0 Å². The molecule has 1 heteroatoms. The molecule has 0 atom stereocenters. The minimum Gasteiger partial charge on any atom is -0.295 e. The average molecular weight is 252 g/mol. The van der Waals surface area contributed by atoms with Crippen LogP contribution in [0.5, 0.6) is 0 Å². The van der Waals surface area contributed by atoms with Gasteiger partial charge in [-0.3, -0.25) is 4.79 Å². The Bertz CT molecular complexity index is 592. The van der Waals surface area contributed by atoms with Gasteiger partial charge in [0.2, 0.25) is 0 Å². The van der Waals surface area contributed by atoms with Gasteiger partial charge in [-0.25, -0.2) is 0 Å². The lowest BCUT2D eigenvalue weighted by molar-refractivity contribution is 0.101. The van der Waals surface area contributed by atoms with E-state index < -0.39 is 0 Å². The zero-order chi connectivity index (χ0) is 14.0. The van der Waals surface area contributed by atoms with Crippen molar-refractivity contribution >= 4 is 5.78 Å². The maximum Gasteiger partial charge on any atom is 0.159 e. The molecule has 0 heterocycles. The number of carbonyl (C=O) groups excluding carboxylic acids is 1. The van der Waals surface area contributed by atoms with Crippen molar-refractivity contribution < 1.29 is 4.79 Å². The summed E-state index contributed by atoms with van der Waals surface area (Å²) in [4.78, 5) is 11.3. The van der Waals surface area contributed by atoms with Crippen LogP contribution in [0.2, 0.25) is 0 Å². The Morgan fingerprint density at radius 2 is 1.63 bits per heavy atom. The van der Waals surface area contributed by atoms with Gasteiger partial charge in [0.1, 0.15) is 0 Å². The van der Waals surface area contributed by atoms with Crippen molar-refractivity contribution in [3.05, 3.63) is 59.2 Å². The summed E-state index contributed by atoms with van der Waals surface area (Å²) < 4.78 is 0. The van der Waals surface area contributed by atoms with E-state index in [1.807, 2.05) is 24.3 Å². The summed E-state index contributed by atoms with van der Waals surface area (Å²) in [5.41, 5.74) is 5.90. The highest BCUT2D eigenvalue weighted by atomic mass is 16.1. The molecule has 0 N–H and O–H groups in total. The lowest BCUT2D eigenvalue weighted by Crippen LogP contribution is -1.95. The van der Waals surface area contributed by atoms with E-state index in [0.29, 0.717) is 5.92 Å². The average Bonchev–Trinajstić information content (AvgIpc) is 2.38. The molecule has 0 bridgehead atoms. The van der Waals surface area contributed by atoms with Crippen molar-refractivity contribution in [2.45, 2.75) is 33.6 Å². The van der Waals surface area contributed by atoms with Crippen LogP contribution in [0.1, 0.15) is 48.2 Å². The van der Waals surface area contributed by atoms with Crippen molar-refractivity contribution in [2.24, 2.45) is 0 Å². The molecule has 0 aliphatic heterocycles. The summed E-state index contributed by atoms with van der Waals surface area (Å²) >= 11 is 0. The fourth-order valence-corrected chi connectivity index (χ4v) is 2.48. The zero-order valence-corrected chi connectivity index (χ0v) is 12.0. The largest absolute Gasteiger partial charge is 0.295 e.